The Kier molecular flexibility index (Phi) is 4.24. The van der Waals surface area contributed by atoms with Crippen LogP contribution in [0.3, 0.4) is 0 Å². The van der Waals surface area contributed by atoms with E-state index in [9.17, 15) is 4.79 Å². The molecule has 126 valence electrons. The number of benzene rings is 3. The molecule has 0 saturated heterocycles. The van der Waals surface area contributed by atoms with Crippen molar-refractivity contribution in [2.45, 2.75) is 6.92 Å². The summed E-state index contributed by atoms with van der Waals surface area (Å²) in [5.41, 5.74) is 6.66. The Hall–Kier alpha value is -3.39. The molecule has 0 aliphatic carbocycles. The van der Waals surface area contributed by atoms with Crippen LogP contribution in [0, 0.1) is 0 Å². The number of nitrogens with one attached hydrogen (secondary N) is 1. The molecule has 4 rings (SSSR count). The van der Waals surface area contributed by atoms with Gasteiger partial charge in [-0.1, -0.05) is 91.0 Å². The zero-order valence-corrected chi connectivity index (χ0v) is 14.6. The third-order valence-corrected chi connectivity index (χ3v) is 4.54. The molecule has 0 bridgehead atoms. The van der Waals surface area contributed by atoms with Crippen LogP contribution in [0.4, 0.5) is 0 Å². The molecule has 2 nitrogen and oxygen atoms in total. The SMILES string of the molecule is CC(=O)c1c(-c2ccccc2)[nH]c(-c2ccccc2)c1-c1ccccc1. The van der Waals surface area contributed by atoms with Gasteiger partial charge in [-0.2, -0.15) is 0 Å². The molecule has 4 aromatic rings. The van der Waals surface area contributed by atoms with Gasteiger partial charge in [-0.25, -0.2) is 0 Å². The van der Waals surface area contributed by atoms with Crippen LogP contribution in [0.5, 0.6) is 0 Å². The molecule has 0 atom stereocenters. The van der Waals surface area contributed by atoms with Crippen LogP contribution < -0.4 is 0 Å². The highest BCUT2D eigenvalue weighted by atomic mass is 16.1. The number of rotatable bonds is 4. The van der Waals surface area contributed by atoms with Crippen LogP contribution >= 0.6 is 0 Å². The zero-order valence-electron chi connectivity index (χ0n) is 14.6. The molecule has 1 heterocycles. The Bertz CT molecular complexity index is 1030. The summed E-state index contributed by atoms with van der Waals surface area (Å²) in [5, 5.41) is 0. The van der Waals surface area contributed by atoms with Crippen LogP contribution in [0.15, 0.2) is 91.0 Å². The van der Waals surface area contributed by atoms with Crippen molar-refractivity contribution in [1.29, 1.82) is 0 Å². The molecule has 3 aromatic carbocycles. The fourth-order valence-electron chi connectivity index (χ4n) is 3.39. The average molecular weight is 337 g/mol. The van der Waals surface area contributed by atoms with Crippen molar-refractivity contribution < 1.29 is 4.79 Å². The first-order valence-corrected chi connectivity index (χ1v) is 8.69. The van der Waals surface area contributed by atoms with Gasteiger partial charge in [0.2, 0.25) is 0 Å². The number of hydrogen-bond donors (Lipinski definition) is 1. The van der Waals surface area contributed by atoms with Gasteiger partial charge >= 0.3 is 0 Å². The Labute approximate surface area is 153 Å². The average Bonchev–Trinajstić information content (AvgIpc) is 3.11. The molecular weight excluding hydrogens is 318 g/mol. The van der Waals surface area contributed by atoms with E-state index < -0.39 is 0 Å². The number of carbonyl (C=O) groups excluding carboxylic acids is 1. The van der Waals surface area contributed by atoms with E-state index in [0.29, 0.717) is 0 Å². The maximum absolute atomic E-state index is 12.7. The normalized spacial score (nSPS) is 10.7. The molecule has 0 radical (unpaired) electrons. The van der Waals surface area contributed by atoms with Crippen LogP contribution in [-0.2, 0) is 0 Å². The quantitative estimate of drug-likeness (QED) is 0.441. The molecule has 1 N–H and O–H groups in total. The number of Topliss-reactive ketones (excluding diaryl/α,β-unsaturated/α-hetero) is 1. The molecule has 0 saturated carbocycles. The summed E-state index contributed by atoms with van der Waals surface area (Å²) in [6.45, 7) is 1.64. The lowest BCUT2D eigenvalue weighted by atomic mass is 9.94. The van der Waals surface area contributed by atoms with Gasteiger partial charge in [-0.3, -0.25) is 4.79 Å². The second-order valence-corrected chi connectivity index (χ2v) is 6.28. The van der Waals surface area contributed by atoms with E-state index in [4.69, 9.17) is 0 Å². The molecule has 0 spiro atoms. The number of aromatic nitrogens is 1. The van der Waals surface area contributed by atoms with Gasteiger partial charge in [-0.15, -0.1) is 0 Å². The Morgan fingerprint density at radius 1 is 0.615 bits per heavy atom. The third kappa shape index (κ3) is 2.86. The molecule has 2 heteroatoms. The number of H-pyrrole nitrogens is 1. The van der Waals surface area contributed by atoms with Crippen LogP contribution in [0.2, 0.25) is 0 Å². The van der Waals surface area contributed by atoms with Gasteiger partial charge in [0.15, 0.2) is 5.78 Å². The van der Waals surface area contributed by atoms with E-state index in [-0.39, 0.29) is 5.78 Å². The minimum atomic E-state index is 0.0566. The maximum Gasteiger partial charge on any atom is 0.162 e. The van der Waals surface area contributed by atoms with Crippen molar-refractivity contribution in [2.24, 2.45) is 0 Å². The van der Waals surface area contributed by atoms with E-state index in [1.54, 1.807) is 6.92 Å². The van der Waals surface area contributed by atoms with Crippen molar-refractivity contribution in [2.75, 3.05) is 0 Å². The van der Waals surface area contributed by atoms with E-state index in [1.807, 2.05) is 66.7 Å². The first-order chi connectivity index (χ1) is 12.8. The number of aromatic amines is 1. The summed E-state index contributed by atoms with van der Waals surface area (Å²) >= 11 is 0. The summed E-state index contributed by atoms with van der Waals surface area (Å²) in [4.78, 5) is 16.2. The van der Waals surface area contributed by atoms with Crippen molar-refractivity contribution in [3.05, 3.63) is 96.6 Å². The first-order valence-electron chi connectivity index (χ1n) is 8.69. The molecule has 1 aromatic heterocycles. The lowest BCUT2D eigenvalue weighted by molar-refractivity contribution is 0.101. The second-order valence-electron chi connectivity index (χ2n) is 6.28. The largest absolute Gasteiger partial charge is 0.353 e. The van der Waals surface area contributed by atoms with Crippen LogP contribution in [-0.4, -0.2) is 10.8 Å². The summed E-state index contributed by atoms with van der Waals surface area (Å²) in [6.07, 6.45) is 0. The lowest BCUT2D eigenvalue weighted by Crippen LogP contribution is -1.96. The predicted molar refractivity (Wildman–Crippen MR) is 107 cm³/mol. The van der Waals surface area contributed by atoms with Gasteiger partial charge < -0.3 is 4.98 Å². The second kappa shape index (κ2) is 6.85. The molecule has 0 fully saturated rings. The van der Waals surface area contributed by atoms with E-state index >= 15 is 0 Å². The number of carbonyl (C=O) groups is 1. The van der Waals surface area contributed by atoms with Crippen molar-refractivity contribution in [3.63, 3.8) is 0 Å². The summed E-state index contributed by atoms with van der Waals surface area (Å²) in [6, 6.07) is 30.3. The zero-order chi connectivity index (χ0) is 17.9. The van der Waals surface area contributed by atoms with Gasteiger partial charge in [0.25, 0.3) is 0 Å². The van der Waals surface area contributed by atoms with E-state index in [2.05, 4.69) is 29.2 Å². The maximum atomic E-state index is 12.7. The van der Waals surface area contributed by atoms with Crippen molar-refractivity contribution in [3.8, 4) is 33.6 Å². The Morgan fingerprint density at radius 3 is 1.50 bits per heavy atom. The topological polar surface area (TPSA) is 32.9 Å². The molecule has 0 aliphatic heterocycles. The molecule has 0 amide bonds. The monoisotopic (exact) mass is 337 g/mol. The minimum absolute atomic E-state index is 0.0566. The summed E-state index contributed by atoms with van der Waals surface area (Å²) in [7, 11) is 0. The molecule has 26 heavy (non-hydrogen) atoms. The molecule has 0 aliphatic rings. The van der Waals surface area contributed by atoms with E-state index in [1.165, 1.54) is 0 Å². The first kappa shape index (κ1) is 16.1. The third-order valence-electron chi connectivity index (χ3n) is 4.54. The highest BCUT2D eigenvalue weighted by Crippen LogP contribution is 2.40. The minimum Gasteiger partial charge on any atom is -0.353 e. The van der Waals surface area contributed by atoms with Crippen LogP contribution in [0.1, 0.15) is 17.3 Å². The molecule has 0 unspecified atom stereocenters. The highest BCUT2D eigenvalue weighted by molar-refractivity contribution is 6.10. The summed E-state index contributed by atoms with van der Waals surface area (Å²) < 4.78 is 0. The fraction of sp³-hybridized carbons (Fsp3) is 0.0417. The van der Waals surface area contributed by atoms with Gasteiger partial charge in [-0.05, 0) is 23.6 Å². The van der Waals surface area contributed by atoms with Crippen molar-refractivity contribution in [1.82, 2.24) is 4.98 Å². The van der Waals surface area contributed by atoms with Crippen molar-refractivity contribution >= 4 is 5.78 Å². The Morgan fingerprint density at radius 2 is 1.04 bits per heavy atom. The van der Waals surface area contributed by atoms with E-state index in [0.717, 1.165) is 39.2 Å². The number of ketones is 1. The van der Waals surface area contributed by atoms with Gasteiger partial charge in [0.05, 0.1) is 17.0 Å². The highest BCUT2D eigenvalue weighted by Gasteiger charge is 2.23. The summed E-state index contributed by atoms with van der Waals surface area (Å²) in [5.74, 6) is 0.0566. The number of hydrogen-bond acceptors (Lipinski definition) is 1. The lowest BCUT2D eigenvalue weighted by Gasteiger charge is -2.07. The fourth-order valence-corrected chi connectivity index (χ4v) is 3.39. The Balaban J connectivity index is 2.07. The van der Waals surface area contributed by atoms with Gasteiger partial charge in [0, 0.05) is 5.56 Å². The van der Waals surface area contributed by atoms with Gasteiger partial charge in [0.1, 0.15) is 0 Å². The van der Waals surface area contributed by atoms with Crippen LogP contribution in [0.25, 0.3) is 33.6 Å². The predicted octanol–water partition coefficient (Wildman–Crippen LogP) is 6.22. The standard InChI is InChI=1S/C24H19NO/c1-17(26)21-22(18-11-5-2-6-12-18)24(20-15-9-4-10-16-20)25-23(21)19-13-7-3-8-14-19/h2-16,25H,1H3. The smallest absolute Gasteiger partial charge is 0.162 e. The molecular formula is C24H19NO.